The zero-order valence-electron chi connectivity index (χ0n) is 19.1. The smallest absolute Gasteiger partial charge is 0.254 e. The first-order chi connectivity index (χ1) is 16.8. The van der Waals surface area contributed by atoms with Crippen LogP contribution in [0.5, 0.6) is 0 Å². The Morgan fingerprint density at radius 3 is 2.54 bits per heavy atom. The lowest BCUT2D eigenvalue weighted by Gasteiger charge is -2.36. The van der Waals surface area contributed by atoms with E-state index >= 15 is 0 Å². The normalized spacial score (nSPS) is 18.0. The molecule has 1 amide bonds. The average Bonchev–Trinajstić information content (AvgIpc) is 3.22. The highest BCUT2D eigenvalue weighted by Gasteiger charge is 2.25. The third kappa shape index (κ3) is 5.04. The number of fused-ring (bicyclic) bond motifs is 1. The van der Waals surface area contributed by atoms with Gasteiger partial charge in [0.25, 0.3) is 5.91 Å². The number of anilines is 4. The quantitative estimate of drug-likeness (QED) is 0.344. The molecule has 3 aromatic heterocycles. The van der Waals surface area contributed by atoms with Gasteiger partial charge in [-0.15, -0.1) is 0 Å². The number of benzene rings is 1. The van der Waals surface area contributed by atoms with Crippen LogP contribution in [0.1, 0.15) is 24.2 Å². The van der Waals surface area contributed by atoms with Crippen LogP contribution in [0, 0.1) is 11.6 Å². The molecule has 1 aliphatic heterocycles. The molecule has 35 heavy (non-hydrogen) atoms. The third-order valence-corrected chi connectivity index (χ3v) is 5.66. The van der Waals surface area contributed by atoms with Crippen molar-refractivity contribution >= 4 is 40.2 Å². The lowest BCUT2D eigenvalue weighted by Crippen LogP contribution is -2.55. The lowest BCUT2D eigenvalue weighted by molar-refractivity contribution is 0.0673. The number of halogens is 2. The number of carbonyl (C=O) groups is 1. The summed E-state index contributed by atoms with van der Waals surface area (Å²) >= 11 is 0. The van der Waals surface area contributed by atoms with Crippen LogP contribution in [0.3, 0.4) is 0 Å². The number of pyridine rings is 2. The van der Waals surface area contributed by atoms with E-state index in [1.54, 1.807) is 30.6 Å². The first-order valence-electron chi connectivity index (χ1n) is 11.2. The maximum Gasteiger partial charge on any atom is 0.254 e. The van der Waals surface area contributed by atoms with Gasteiger partial charge in [-0.2, -0.15) is 0 Å². The van der Waals surface area contributed by atoms with E-state index in [4.69, 9.17) is 0 Å². The number of nitrogens with zero attached hydrogens (tertiary/aromatic N) is 4. The van der Waals surface area contributed by atoms with Gasteiger partial charge in [-0.25, -0.2) is 23.7 Å². The van der Waals surface area contributed by atoms with Gasteiger partial charge < -0.3 is 25.8 Å². The van der Waals surface area contributed by atoms with Crippen LogP contribution in [0.15, 0.2) is 48.8 Å². The highest BCUT2D eigenvalue weighted by molar-refractivity contribution is 5.95. The van der Waals surface area contributed by atoms with Crippen molar-refractivity contribution in [1.82, 2.24) is 30.2 Å². The molecule has 0 aliphatic carbocycles. The van der Waals surface area contributed by atoms with Crippen LogP contribution < -0.4 is 16.0 Å². The standard InChI is InChI=1S/C24H24F2N8O/c1-13-11-34(12-14(2)29-13)23(35)15-5-6-27-21(7-15)33-24-31-19-9-22(28-10-20(19)32-24)30-16-3-4-17(25)18(26)8-16/h3-10,13-14,29H,11-12H2,1-2H3,(H,28,30)(H2,27,31,32,33)/t13-,14+. The number of H-pyrrole nitrogens is 1. The highest BCUT2D eigenvalue weighted by Crippen LogP contribution is 2.23. The van der Waals surface area contributed by atoms with Crippen molar-refractivity contribution < 1.29 is 13.6 Å². The van der Waals surface area contributed by atoms with Crippen LogP contribution >= 0.6 is 0 Å². The Kier molecular flexibility index (Phi) is 6.00. The minimum Gasteiger partial charge on any atom is -0.340 e. The summed E-state index contributed by atoms with van der Waals surface area (Å²) in [5.41, 5.74) is 2.17. The molecular formula is C24H24F2N8O. The molecule has 5 rings (SSSR count). The summed E-state index contributed by atoms with van der Waals surface area (Å²) in [6.45, 7) is 5.41. The van der Waals surface area contributed by atoms with Gasteiger partial charge in [0.15, 0.2) is 11.6 Å². The van der Waals surface area contributed by atoms with Gasteiger partial charge in [-0.1, -0.05) is 0 Å². The molecule has 1 aromatic carbocycles. The number of rotatable bonds is 5. The lowest BCUT2D eigenvalue weighted by atomic mass is 10.1. The number of imidazole rings is 1. The topological polar surface area (TPSA) is 111 Å². The molecule has 1 fully saturated rings. The van der Waals surface area contributed by atoms with Gasteiger partial charge in [0.05, 0.1) is 17.2 Å². The van der Waals surface area contributed by atoms with Gasteiger partial charge in [0.2, 0.25) is 5.95 Å². The number of nitrogens with one attached hydrogen (secondary N) is 4. The number of amides is 1. The number of hydrogen-bond acceptors (Lipinski definition) is 7. The number of aromatic nitrogens is 4. The minimum atomic E-state index is -0.948. The molecule has 4 aromatic rings. The molecular weight excluding hydrogens is 454 g/mol. The zero-order chi connectivity index (χ0) is 24.5. The molecule has 0 spiro atoms. The fourth-order valence-electron chi connectivity index (χ4n) is 4.19. The highest BCUT2D eigenvalue weighted by atomic mass is 19.2. The summed E-state index contributed by atoms with van der Waals surface area (Å²) in [6, 6.07) is 9.05. The van der Waals surface area contributed by atoms with Crippen LogP contribution in [-0.2, 0) is 0 Å². The minimum absolute atomic E-state index is 0.0441. The van der Waals surface area contributed by atoms with E-state index in [2.05, 4.69) is 49.7 Å². The number of piperazine rings is 1. The van der Waals surface area contributed by atoms with Gasteiger partial charge in [0, 0.05) is 54.8 Å². The number of hydrogen-bond donors (Lipinski definition) is 4. The van der Waals surface area contributed by atoms with E-state index < -0.39 is 11.6 Å². The summed E-state index contributed by atoms with van der Waals surface area (Å²) in [4.78, 5) is 31.1. The van der Waals surface area contributed by atoms with Gasteiger partial charge in [-0.3, -0.25) is 4.79 Å². The van der Waals surface area contributed by atoms with E-state index in [9.17, 15) is 13.6 Å². The second-order valence-electron chi connectivity index (χ2n) is 8.66. The van der Waals surface area contributed by atoms with Gasteiger partial charge in [0.1, 0.15) is 11.6 Å². The fourth-order valence-corrected chi connectivity index (χ4v) is 4.19. The largest absolute Gasteiger partial charge is 0.340 e. The first kappa shape index (κ1) is 22.7. The summed E-state index contributed by atoms with van der Waals surface area (Å²) < 4.78 is 26.6. The zero-order valence-corrected chi connectivity index (χ0v) is 19.1. The van der Waals surface area contributed by atoms with Crippen molar-refractivity contribution in [2.45, 2.75) is 25.9 Å². The maximum absolute atomic E-state index is 13.5. The average molecular weight is 479 g/mol. The molecule has 4 N–H and O–H groups in total. The van der Waals surface area contributed by atoms with Crippen molar-refractivity contribution in [3.63, 3.8) is 0 Å². The molecule has 1 aliphatic rings. The predicted octanol–water partition coefficient (Wildman–Crippen LogP) is 3.94. The summed E-state index contributed by atoms with van der Waals surface area (Å²) in [6.07, 6.45) is 3.16. The number of carbonyl (C=O) groups excluding carboxylic acids is 1. The third-order valence-electron chi connectivity index (χ3n) is 5.66. The predicted molar refractivity (Wildman–Crippen MR) is 129 cm³/mol. The Bertz CT molecular complexity index is 1380. The molecule has 180 valence electrons. The Morgan fingerprint density at radius 1 is 1.00 bits per heavy atom. The molecule has 0 radical (unpaired) electrons. The molecule has 0 unspecified atom stereocenters. The summed E-state index contributed by atoms with van der Waals surface area (Å²) in [5.74, 6) is -0.591. The molecule has 0 saturated carbocycles. The second-order valence-corrected chi connectivity index (χ2v) is 8.66. The maximum atomic E-state index is 13.5. The first-order valence-corrected chi connectivity index (χ1v) is 11.2. The summed E-state index contributed by atoms with van der Waals surface area (Å²) in [5, 5.41) is 9.44. The Morgan fingerprint density at radius 2 is 1.77 bits per heavy atom. The van der Waals surface area contributed by atoms with Crippen molar-refractivity contribution in [2.24, 2.45) is 0 Å². The molecule has 0 bridgehead atoms. The monoisotopic (exact) mass is 478 g/mol. The van der Waals surface area contributed by atoms with E-state index in [1.807, 2.05) is 4.90 Å². The van der Waals surface area contributed by atoms with Crippen molar-refractivity contribution in [3.05, 3.63) is 66.0 Å². The molecule has 1 saturated heterocycles. The Hall–Kier alpha value is -4.12. The van der Waals surface area contributed by atoms with Crippen molar-refractivity contribution in [2.75, 3.05) is 23.7 Å². The van der Waals surface area contributed by atoms with Crippen LogP contribution in [0.25, 0.3) is 11.0 Å². The number of aromatic amines is 1. The SMILES string of the molecule is C[C@@H]1CN(C(=O)c2ccnc(Nc3nc4cc(Nc5ccc(F)c(F)c5)ncc4[nH]3)c2)C[C@H](C)N1. The molecule has 2 atom stereocenters. The fraction of sp³-hybridized carbons (Fsp3) is 0.250. The Labute approximate surface area is 200 Å². The van der Waals surface area contributed by atoms with Gasteiger partial charge in [-0.05, 0) is 38.1 Å². The van der Waals surface area contributed by atoms with Crippen LogP contribution in [0.4, 0.5) is 32.1 Å². The molecule has 9 nitrogen and oxygen atoms in total. The molecule has 4 heterocycles. The Balaban J connectivity index is 1.31. The van der Waals surface area contributed by atoms with E-state index in [0.717, 1.165) is 12.1 Å². The van der Waals surface area contributed by atoms with E-state index in [0.29, 0.717) is 53.0 Å². The summed E-state index contributed by atoms with van der Waals surface area (Å²) in [7, 11) is 0. The van der Waals surface area contributed by atoms with Crippen molar-refractivity contribution in [1.29, 1.82) is 0 Å². The molecule has 11 heteroatoms. The van der Waals surface area contributed by atoms with Gasteiger partial charge >= 0.3 is 0 Å². The van der Waals surface area contributed by atoms with Crippen LogP contribution in [0.2, 0.25) is 0 Å². The van der Waals surface area contributed by atoms with E-state index in [-0.39, 0.29) is 18.0 Å². The van der Waals surface area contributed by atoms with Crippen molar-refractivity contribution in [3.8, 4) is 0 Å². The van der Waals surface area contributed by atoms with E-state index in [1.165, 1.54) is 6.07 Å². The van der Waals surface area contributed by atoms with Crippen LogP contribution in [-0.4, -0.2) is 55.9 Å². The second kappa shape index (κ2) is 9.26.